The van der Waals surface area contributed by atoms with Crippen molar-refractivity contribution >= 4 is 22.7 Å². The molecular weight excluding hydrogens is 415 g/mol. The van der Waals surface area contributed by atoms with Crippen LogP contribution in [0.25, 0.3) is 21.9 Å². The minimum atomic E-state index is -1.46. The highest BCUT2D eigenvalue weighted by Crippen LogP contribution is 2.35. The lowest BCUT2D eigenvalue weighted by atomic mass is 9.88. The molecule has 0 unspecified atom stereocenters. The molecule has 8 nitrogen and oxygen atoms in total. The zero-order valence-corrected chi connectivity index (χ0v) is 17.3. The van der Waals surface area contributed by atoms with E-state index in [2.05, 4.69) is 15.8 Å². The Morgan fingerprint density at radius 2 is 1.91 bits per heavy atom. The van der Waals surface area contributed by atoms with Crippen LogP contribution in [-0.4, -0.2) is 26.8 Å². The SMILES string of the molecule is Cc1noc(C)c1-c1ccc([C@]2(Cn3cc4ccc(F)cc4c3O)NC(=O)NC2=O)cc1. The van der Waals surface area contributed by atoms with Crippen molar-refractivity contribution in [3.8, 4) is 17.0 Å². The minimum Gasteiger partial charge on any atom is -0.494 e. The monoisotopic (exact) mass is 434 g/mol. The largest absolute Gasteiger partial charge is 0.494 e. The third-order valence-electron chi connectivity index (χ3n) is 5.87. The summed E-state index contributed by atoms with van der Waals surface area (Å²) in [6.45, 7) is 3.57. The Morgan fingerprint density at radius 3 is 2.53 bits per heavy atom. The highest BCUT2D eigenvalue weighted by molar-refractivity contribution is 6.07. The first kappa shape index (κ1) is 19.8. The smallest absolute Gasteiger partial charge is 0.322 e. The molecule has 162 valence electrons. The first-order chi connectivity index (χ1) is 15.3. The molecule has 3 heterocycles. The Kier molecular flexibility index (Phi) is 4.30. The van der Waals surface area contributed by atoms with Gasteiger partial charge in [0.1, 0.15) is 11.6 Å². The van der Waals surface area contributed by atoms with Gasteiger partial charge in [-0.25, -0.2) is 9.18 Å². The van der Waals surface area contributed by atoms with Crippen LogP contribution in [0.3, 0.4) is 0 Å². The molecule has 32 heavy (non-hydrogen) atoms. The fraction of sp³-hybridized carbons (Fsp3) is 0.174. The van der Waals surface area contributed by atoms with E-state index in [-0.39, 0.29) is 12.4 Å². The van der Waals surface area contributed by atoms with Crippen molar-refractivity contribution < 1.29 is 23.6 Å². The van der Waals surface area contributed by atoms with Gasteiger partial charge in [-0.1, -0.05) is 29.4 Å². The average Bonchev–Trinajstić information content (AvgIpc) is 3.36. The molecule has 5 rings (SSSR count). The summed E-state index contributed by atoms with van der Waals surface area (Å²) in [5, 5.41) is 20.5. The van der Waals surface area contributed by atoms with Crippen LogP contribution in [0.1, 0.15) is 17.0 Å². The Bertz CT molecular complexity index is 1370. The molecule has 1 fully saturated rings. The van der Waals surface area contributed by atoms with Crippen LogP contribution >= 0.6 is 0 Å². The quantitative estimate of drug-likeness (QED) is 0.426. The number of aromatic nitrogens is 2. The number of nitrogens with one attached hydrogen (secondary N) is 2. The van der Waals surface area contributed by atoms with Crippen LogP contribution in [0.5, 0.6) is 5.88 Å². The molecule has 9 heteroatoms. The number of benzene rings is 2. The van der Waals surface area contributed by atoms with Gasteiger partial charge in [-0.05, 0) is 43.2 Å². The number of rotatable bonds is 4. The van der Waals surface area contributed by atoms with E-state index in [9.17, 15) is 19.1 Å². The van der Waals surface area contributed by atoms with Crippen molar-refractivity contribution in [1.29, 1.82) is 0 Å². The van der Waals surface area contributed by atoms with Crippen molar-refractivity contribution in [1.82, 2.24) is 20.4 Å². The maximum absolute atomic E-state index is 13.6. The summed E-state index contributed by atoms with van der Waals surface area (Å²) in [7, 11) is 0. The molecule has 1 atom stereocenters. The number of nitrogens with zero attached hydrogens (tertiary/aromatic N) is 2. The van der Waals surface area contributed by atoms with E-state index in [1.165, 1.54) is 16.7 Å². The number of aryl methyl sites for hydroxylation is 2. The van der Waals surface area contributed by atoms with Crippen LogP contribution < -0.4 is 10.6 Å². The summed E-state index contributed by atoms with van der Waals surface area (Å²) in [4.78, 5) is 25.0. The van der Waals surface area contributed by atoms with E-state index in [1.807, 2.05) is 26.0 Å². The maximum Gasteiger partial charge on any atom is 0.322 e. The van der Waals surface area contributed by atoms with Crippen LogP contribution in [0.4, 0.5) is 9.18 Å². The minimum absolute atomic E-state index is 0.0859. The van der Waals surface area contributed by atoms with Crippen molar-refractivity contribution in [3.05, 3.63) is 71.5 Å². The van der Waals surface area contributed by atoms with Gasteiger partial charge in [0.05, 0.1) is 12.2 Å². The van der Waals surface area contributed by atoms with Gasteiger partial charge in [-0.15, -0.1) is 0 Å². The Labute approximate surface area is 181 Å². The highest BCUT2D eigenvalue weighted by Gasteiger charge is 2.48. The topological polar surface area (TPSA) is 109 Å². The fourth-order valence-corrected chi connectivity index (χ4v) is 4.31. The predicted octanol–water partition coefficient (Wildman–Crippen LogP) is 3.49. The zero-order chi connectivity index (χ0) is 22.6. The van der Waals surface area contributed by atoms with Gasteiger partial charge in [0.15, 0.2) is 11.4 Å². The van der Waals surface area contributed by atoms with Crippen molar-refractivity contribution in [2.24, 2.45) is 0 Å². The molecule has 1 aliphatic rings. The number of hydrogen-bond donors (Lipinski definition) is 3. The second-order valence-corrected chi connectivity index (χ2v) is 7.90. The second kappa shape index (κ2) is 6.94. The third kappa shape index (κ3) is 2.93. The molecule has 0 aliphatic carbocycles. The van der Waals surface area contributed by atoms with Crippen molar-refractivity contribution in [3.63, 3.8) is 0 Å². The molecule has 3 N–H and O–H groups in total. The van der Waals surface area contributed by atoms with Crippen molar-refractivity contribution in [2.75, 3.05) is 0 Å². The molecule has 2 aromatic heterocycles. The zero-order valence-electron chi connectivity index (χ0n) is 17.3. The van der Waals surface area contributed by atoms with E-state index in [1.54, 1.807) is 24.4 Å². The molecule has 4 aromatic rings. The summed E-state index contributed by atoms with van der Waals surface area (Å²) in [5.41, 5.74) is 1.53. The molecule has 2 aromatic carbocycles. The molecule has 3 amide bonds. The summed E-state index contributed by atoms with van der Waals surface area (Å²) in [6.07, 6.45) is 1.61. The predicted molar refractivity (Wildman–Crippen MR) is 113 cm³/mol. The second-order valence-electron chi connectivity index (χ2n) is 7.90. The number of imide groups is 1. The maximum atomic E-state index is 13.6. The highest BCUT2D eigenvalue weighted by atomic mass is 19.1. The van der Waals surface area contributed by atoms with Gasteiger partial charge in [-0.2, -0.15) is 0 Å². The normalized spacial score (nSPS) is 18.2. The number of amides is 3. The fourth-order valence-electron chi connectivity index (χ4n) is 4.31. The van der Waals surface area contributed by atoms with Crippen LogP contribution in [-0.2, 0) is 16.9 Å². The number of carbonyl (C=O) groups is 2. The van der Waals surface area contributed by atoms with E-state index >= 15 is 0 Å². The Balaban J connectivity index is 1.59. The molecular formula is C23H19FN4O4. The van der Waals surface area contributed by atoms with E-state index < -0.39 is 23.3 Å². The van der Waals surface area contributed by atoms with E-state index in [0.717, 1.165) is 16.8 Å². The number of hydrogen-bond acceptors (Lipinski definition) is 5. The van der Waals surface area contributed by atoms with Gasteiger partial charge in [0.25, 0.3) is 5.91 Å². The van der Waals surface area contributed by atoms with Crippen molar-refractivity contribution in [2.45, 2.75) is 25.9 Å². The van der Waals surface area contributed by atoms with Crippen LogP contribution in [0, 0.1) is 19.7 Å². The molecule has 1 aliphatic heterocycles. The summed E-state index contributed by atoms with van der Waals surface area (Å²) in [6, 6.07) is 10.6. The van der Waals surface area contributed by atoms with E-state index in [4.69, 9.17) is 4.52 Å². The average molecular weight is 434 g/mol. The number of aromatic hydroxyl groups is 1. The number of urea groups is 1. The molecule has 0 saturated carbocycles. The summed E-state index contributed by atoms with van der Waals surface area (Å²) >= 11 is 0. The summed E-state index contributed by atoms with van der Waals surface area (Å²) in [5.74, 6) is -0.550. The van der Waals surface area contributed by atoms with Gasteiger partial charge in [0, 0.05) is 22.5 Å². The Hall–Kier alpha value is -4.14. The van der Waals surface area contributed by atoms with Gasteiger partial charge in [-0.3, -0.25) is 10.1 Å². The first-order valence-corrected chi connectivity index (χ1v) is 9.93. The molecule has 0 radical (unpaired) electrons. The lowest BCUT2D eigenvalue weighted by molar-refractivity contribution is -0.124. The first-order valence-electron chi connectivity index (χ1n) is 9.93. The Morgan fingerprint density at radius 1 is 1.16 bits per heavy atom. The molecule has 0 spiro atoms. The van der Waals surface area contributed by atoms with Gasteiger partial charge < -0.3 is 19.5 Å². The standard InChI is InChI=1S/C23H19FN4O4/c1-12-19(13(2)32-27-12)14-3-6-16(7-4-14)23(21(30)25-22(31)26-23)11-28-10-15-5-8-17(24)9-18(15)20(28)29/h3-10,29H,11H2,1-2H3,(H2,25,26,30,31)/t23-/m0/s1. The van der Waals surface area contributed by atoms with E-state index in [0.29, 0.717) is 22.1 Å². The number of halogens is 1. The third-order valence-corrected chi connectivity index (χ3v) is 5.87. The molecule has 1 saturated heterocycles. The summed E-state index contributed by atoms with van der Waals surface area (Å²) < 4.78 is 20.3. The van der Waals surface area contributed by atoms with Crippen LogP contribution in [0.15, 0.2) is 53.2 Å². The number of fused-ring (bicyclic) bond motifs is 1. The number of carbonyl (C=O) groups excluding carboxylic acids is 2. The van der Waals surface area contributed by atoms with Gasteiger partial charge in [0.2, 0.25) is 0 Å². The molecule has 0 bridgehead atoms. The van der Waals surface area contributed by atoms with Gasteiger partial charge >= 0.3 is 6.03 Å². The van der Waals surface area contributed by atoms with Crippen LogP contribution in [0.2, 0.25) is 0 Å². The lowest BCUT2D eigenvalue weighted by Crippen LogP contribution is -2.47. The lowest BCUT2D eigenvalue weighted by Gasteiger charge is -2.27.